The van der Waals surface area contributed by atoms with Crippen LogP contribution in [0.2, 0.25) is 5.02 Å². The molecule has 0 aromatic heterocycles. The van der Waals surface area contributed by atoms with Gasteiger partial charge in [0.25, 0.3) is 5.91 Å². The van der Waals surface area contributed by atoms with Crippen LogP contribution in [0.1, 0.15) is 20.3 Å². The molecule has 6 heteroatoms. The molecule has 0 bridgehead atoms. The maximum atomic E-state index is 13.6. The van der Waals surface area contributed by atoms with Crippen molar-refractivity contribution in [3.8, 4) is 0 Å². The number of carbonyl (C=O) groups excluding carboxylic acids is 1. The van der Waals surface area contributed by atoms with E-state index in [-0.39, 0.29) is 17.8 Å². The Hall–Kier alpha value is -1.59. The first-order valence-corrected chi connectivity index (χ1v) is 8.38. The number of carbonyl (C=O) groups is 1. The first kappa shape index (κ1) is 18.7. The van der Waals surface area contributed by atoms with E-state index in [1.807, 2.05) is 13.8 Å². The van der Waals surface area contributed by atoms with Gasteiger partial charge in [0.2, 0.25) is 0 Å². The lowest BCUT2D eigenvalue weighted by Crippen LogP contribution is -2.56. The molecule has 0 spiro atoms. The van der Waals surface area contributed by atoms with Crippen LogP contribution in [0.4, 0.5) is 10.1 Å². The Morgan fingerprint density at radius 2 is 2.17 bits per heavy atom. The molecule has 1 aromatic rings. The predicted octanol–water partition coefficient (Wildman–Crippen LogP) is 3.50. The van der Waals surface area contributed by atoms with Crippen LogP contribution < -0.4 is 4.90 Å². The van der Waals surface area contributed by atoms with Gasteiger partial charge < -0.3 is 14.5 Å². The summed E-state index contributed by atoms with van der Waals surface area (Å²) in [5.41, 5.74) is 1.65. The Morgan fingerprint density at radius 3 is 2.71 bits per heavy atom. The third-order valence-corrected chi connectivity index (χ3v) is 4.43. The Morgan fingerprint density at radius 1 is 1.46 bits per heavy atom. The number of methoxy groups -OCH3 is 1. The van der Waals surface area contributed by atoms with Crippen LogP contribution >= 0.6 is 11.6 Å². The third-order valence-electron chi connectivity index (χ3n) is 4.21. The number of hydrogen-bond donors (Lipinski definition) is 0. The Kier molecular flexibility index (Phi) is 6.24. The number of amides is 1. The van der Waals surface area contributed by atoms with Gasteiger partial charge in [-0.15, -0.1) is 6.58 Å². The summed E-state index contributed by atoms with van der Waals surface area (Å²) in [6, 6.07) is 4.57. The molecule has 1 aliphatic rings. The van der Waals surface area contributed by atoms with Gasteiger partial charge in [0.15, 0.2) is 0 Å². The summed E-state index contributed by atoms with van der Waals surface area (Å²) in [7, 11) is 1.54. The average Bonchev–Trinajstić information content (AvgIpc) is 2.50. The number of piperazine rings is 1. The maximum Gasteiger partial charge on any atom is 0.252 e. The number of rotatable bonds is 5. The topological polar surface area (TPSA) is 32.8 Å². The summed E-state index contributed by atoms with van der Waals surface area (Å²) in [4.78, 5) is 16.5. The highest BCUT2D eigenvalue weighted by atomic mass is 35.5. The molecule has 1 aromatic carbocycles. The van der Waals surface area contributed by atoms with E-state index in [9.17, 15) is 9.18 Å². The molecule has 1 heterocycles. The molecule has 132 valence electrons. The van der Waals surface area contributed by atoms with Gasteiger partial charge in [-0.3, -0.25) is 4.79 Å². The van der Waals surface area contributed by atoms with Crippen molar-refractivity contribution < 1.29 is 13.9 Å². The lowest BCUT2D eigenvalue weighted by Gasteiger charge is -2.42. The normalized spacial score (nSPS) is 19.3. The second kappa shape index (κ2) is 7.99. The molecule has 24 heavy (non-hydrogen) atoms. The largest absolute Gasteiger partial charge is 0.371 e. The minimum Gasteiger partial charge on any atom is -0.371 e. The molecule has 1 saturated heterocycles. The smallest absolute Gasteiger partial charge is 0.252 e. The first-order valence-electron chi connectivity index (χ1n) is 8.00. The highest BCUT2D eigenvalue weighted by Gasteiger charge is 2.31. The number of halogens is 2. The molecule has 0 radical (unpaired) electrons. The monoisotopic (exact) mass is 354 g/mol. The third kappa shape index (κ3) is 4.48. The zero-order valence-corrected chi connectivity index (χ0v) is 15.1. The molecule has 1 aliphatic heterocycles. The van der Waals surface area contributed by atoms with E-state index in [1.165, 1.54) is 12.1 Å². The molecule has 0 aliphatic carbocycles. The van der Waals surface area contributed by atoms with E-state index in [0.717, 1.165) is 11.3 Å². The number of nitrogens with zero attached hydrogens (tertiary/aromatic N) is 2. The fraction of sp³-hybridized carbons (Fsp3) is 0.500. The highest BCUT2D eigenvalue weighted by Crippen LogP contribution is 2.26. The zero-order valence-electron chi connectivity index (χ0n) is 14.4. The summed E-state index contributed by atoms with van der Waals surface area (Å²) in [5.74, 6) is -0.381. The molecular formula is C18H24ClFN2O2. The van der Waals surface area contributed by atoms with Crippen molar-refractivity contribution in [3.63, 3.8) is 0 Å². The van der Waals surface area contributed by atoms with Crippen molar-refractivity contribution in [2.24, 2.45) is 0 Å². The van der Waals surface area contributed by atoms with E-state index in [2.05, 4.69) is 11.5 Å². The van der Waals surface area contributed by atoms with Crippen LogP contribution in [0.5, 0.6) is 0 Å². The number of anilines is 1. The van der Waals surface area contributed by atoms with E-state index in [0.29, 0.717) is 31.1 Å². The highest BCUT2D eigenvalue weighted by molar-refractivity contribution is 6.30. The van der Waals surface area contributed by atoms with E-state index in [1.54, 1.807) is 18.1 Å². The minimum absolute atomic E-state index is 0.0238. The van der Waals surface area contributed by atoms with Crippen LogP contribution in [0, 0.1) is 5.82 Å². The maximum absolute atomic E-state index is 13.6. The predicted molar refractivity (Wildman–Crippen MR) is 95.0 cm³/mol. The Bertz CT molecular complexity index is 603. The van der Waals surface area contributed by atoms with Gasteiger partial charge in [0, 0.05) is 49.9 Å². The fourth-order valence-corrected chi connectivity index (χ4v) is 3.25. The zero-order chi connectivity index (χ0) is 17.9. The number of hydrogen-bond acceptors (Lipinski definition) is 3. The van der Waals surface area contributed by atoms with Crippen LogP contribution in [-0.2, 0) is 9.53 Å². The van der Waals surface area contributed by atoms with Gasteiger partial charge in [-0.05, 0) is 32.0 Å². The van der Waals surface area contributed by atoms with Gasteiger partial charge >= 0.3 is 0 Å². The van der Waals surface area contributed by atoms with Crippen LogP contribution in [-0.4, -0.2) is 49.7 Å². The summed E-state index contributed by atoms with van der Waals surface area (Å²) in [5, 5.41) is 0.372. The molecule has 1 amide bonds. The molecule has 0 saturated carbocycles. The van der Waals surface area contributed by atoms with Gasteiger partial charge in [0.05, 0.1) is 0 Å². The first-order chi connectivity index (χ1) is 11.3. The van der Waals surface area contributed by atoms with E-state index in [4.69, 9.17) is 16.3 Å². The van der Waals surface area contributed by atoms with Crippen molar-refractivity contribution in [1.82, 2.24) is 4.90 Å². The fourth-order valence-electron chi connectivity index (χ4n) is 3.04. The summed E-state index contributed by atoms with van der Waals surface area (Å²) in [6.45, 7) is 9.48. The molecule has 1 fully saturated rings. The Balaban J connectivity index is 2.06. The van der Waals surface area contributed by atoms with Gasteiger partial charge in [0.1, 0.15) is 11.9 Å². The summed E-state index contributed by atoms with van der Waals surface area (Å²) in [6.07, 6.45) is 0.0218. The van der Waals surface area contributed by atoms with Crippen molar-refractivity contribution >= 4 is 23.2 Å². The second-order valence-electron chi connectivity index (χ2n) is 6.34. The molecule has 0 N–H and O–H groups in total. The number of ether oxygens (including phenoxy) is 1. The van der Waals surface area contributed by atoms with Gasteiger partial charge in [-0.1, -0.05) is 17.2 Å². The quantitative estimate of drug-likeness (QED) is 0.759. The molecule has 2 rings (SSSR count). The summed E-state index contributed by atoms with van der Waals surface area (Å²) < 4.78 is 18.9. The minimum atomic E-state index is -0.495. The summed E-state index contributed by atoms with van der Waals surface area (Å²) >= 11 is 5.95. The lowest BCUT2D eigenvalue weighted by molar-refractivity contribution is -0.142. The molecule has 1 unspecified atom stereocenters. The Labute approximate surface area is 147 Å². The van der Waals surface area contributed by atoms with Crippen LogP contribution in [0.15, 0.2) is 30.4 Å². The van der Waals surface area contributed by atoms with Gasteiger partial charge in [-0.25, -0.2) is 4.39 Å². The lowest BCUT2D eigenvalue weighted by atomic mass is 10.1. The van der Waals surface area contributed by atoms with Crippen molar-refractivity contribution in [3.05, 3.63) is 41.2 Å². The average molecular weight is 355 g/mol. The van der Waals surface area contributed by atoms with Crippen LogP contribution in [0.25, 0.3) is 0 Å². The number of benzene rings is 1. The SMILES string of the molecule is C=C(C)CC(OC)C(=O)N1CCN(c2cc(F)cc(Cl)c2)[C@@H](C)C1. The van der Waals surface area contributed by atoms with Crippen LogP contribution in [0.3, 0.4) is 0 Å². The second-order valence-corrected chi connectivity index (χ2v) is 6.78. The molecular weight excluding hydrogens is 331 g/mol. The van der Waals surface area contributed by atoms with Crippen molar-refractivity contribution in [2.75, 3.05) is 31.6 Å². The van der Waals surface area contributed by atoms with E-state index < -0.39 is 6.10 Å². The van der Waals surface area contributed by atoms with Crippen molar-refractivity contribution in [2.45, 2.75) is 32.4 Å². The molecule has 4 nitrogen and oxygen atoms in total. The van der Waals surface area contributed by atoms with Crippen molar-refractivity contribution in [1.29, 1.82) is 0 Å². The van der Waals surface area contributed by atoms with E-state index >= 15 is 0 Å². The molecule has 2 atom stereocenters. The standard InChI is InChI=1S/C18H24ClFN2O2/c1-12(2)7-17(24-4)18(23)21-5-6-22(13(3)11-21)16-9-14(19)8-15(20)10-16/h8-10,13,17H,1,5-7,11H2,2-4H3/t13-,17?/m0/s1. The van der Waals surface area contributed by atoms with Gasteiger partial charge in [-0.2, -0.15) is 0 Å².